The van der Waals surface area contributed by atoms with E-state index in [1.54, 1.807) is 0 Å². The summed E-state index contributed by atoms with van der Waals surface area (Å²) in [6, 6.07) is 0. The van der Waals surface area contributed by atoms with E-state index in [0.717, 1.165) is 0 Å². The van der Waals surface area contributed by atoms with Gasteiger partial charge in [0.1, 0.15) is 0 Å². The molecular formula is C2H4Cl2Si2. The first kappa shape index (κ1) is 5.16. The van der Waals surface area contributed by atoms with Crippen molar-refractivity contribution in [2.75, 3.05) is 0 Å². The van der Waals surface area contributed by atoms with Crippen molar-refractivity contribution >= 4 is 38.4 Å². The van der Waals surface area contributed by atoms with Gasteiger partial charge in [0.15, 0.2) is 16.2 Å². The zero-order valence-corrected chi connectivity index (χ0v) is 6.68. The van der Waals surface area contributed by atoms with E-state index in [4.69, 9.17) is 22.2 Å². The van der Waals surface area contributed by atoms with Crippen LogP contribution in [0, 0.1) is 0 Å². The van der Waals surface area contributed by atoms with Crippen molar-refractivity contribution in [2.45, 2.75) is 11.3 Å². The highest BCUT2D eigenvalue weighted by molar-refractivity contribution is 7.31. The minimum atomic E-state index is -0.356. The Morgan fingerprint density at radius 2 is 1.33 bits per heavy atom. The van der Waals surface area contributed by atoms with Gasteiger partial charge in [0, 0.05) is 0 Å². The van der Waals surface area contributed by atoms with Crippen LogP contribution in [-0.4, -0.2) is 16.2 Å². The molecule has 1 rings (SSSR count). The Hall–Kier alpha value is 1.01. The molecule has 0 saturated carbocycles. The average molecular weight is 155 g/mol. The normalized spacial score (nSPS) is 27.0. The summed E-state index contributed by atoms with van der Waals surface area (Å²) in [6.07, 6.45) is 0. The molecular weight excluding hydrogens is 151 g/mol. The first-order valence-electron chi connectivity index (χ1n) is 1.79. The van der Waals surface area contributed by atoms with Crippen LogP contribution in [0.25, 0.3) is 0 Å². The quantitative estimate of drug-likeness (QED) is 0.367. The summed E-state index contributed by atoms with van der Waals surface area (Å²) in [6.45, 7) is 0. The van der Waals surface area contributed by atoms with E-state index < -0.39 is 0 Å². The van der Waals surface area contributed by atoms with Crippen LogP contribution in [0.5, 0.6) is 0 Å². The second-order valence-corrected chi connectivity index (χ2v) is 9.49. The Bertz CT molecular complexity index is 45.5. The van der Waals surface area contributed by atoms with Gasteiger partial charge in [-0.3, -0.25) is 0 Å². The number of hydrogen-bond donors (Lipinski definition) is 0. The molecule has 1 aliphatic rings. The van der Waals surface area contributed by atoms with Crippen LogP contribution in [0.1, 0.15) is 0 Å². The lowest BCUT2D eigenvalue weighted by atomic mass is 11.8. The molecule has 1 aliphatic heterocycles. The van der Waals surface area contributed by atoms with Gasteiger partial charge in [0.25, 0.3) is 0 Å². The fourth-order valence-corrected chi connectivity index (χ4v) is 10.3. The lowest BCUT2D eigenvalue weighted by molar-refractivity contribution is 1.66. The Labute approximate surface area is 50.1 Å². The van der Waals surface area contributed by atoms with Crippen molar-refractivity contribution in [3.05, 3.63) is 0 Å². The highest BCUT2D eigenvalue weighted by Gasteiger charge is 2.29. The van der Waals surface area contributed by atoms with E-state index in [1.165, 1.54) is 11.3 Å². The van der Waals surface area contributed by atoms with Crippen molar-refractivity contribution in [3.8, 4) is 0 Å². The first-order valence-corrected chi connectivity index (χ1v) is 7.64. The van der Waals surface area contributed by atoms with Gasteiger partial charge >= 0.3 is 0 Å². The molecule has 0 nitrogen and oxygen atoms in total. The van der Waals surface area contributed by atoms with Crippen molar-refractivity contribution in [1.29, 1.82) is 0 Å². The average Bonchev–Trinajstić information content (AvgIpc) is 1.33. The third-order valence-corrected chi connectivity index (χ3v) is 11.7. The van der Waals surface area contributed by atoms with Crippen molar-refractivity contribution < 1.29 is 0 Å². The van der Waals surface area contributed by atoms with Crippen LogP contribution in [0.2, 0.25) is 11.3 Å². The monoisotopic (exact) mass is 154 g/mol. The molecule has 6 heavy (non-hydrogen) atoms. The molecule has 0 bridgehead atoms. The van der Waals surface area contributed by atoms with Crippen molar-refractivity contribution in [3.63, 3.8) is 0 Å². The molecule has 0 aromatic heterocycles. The Morgan fingerprint density at radius 3 is 1.33 bits per heavy atom. The molecule has 0 aromatic carbocycles. The molecule has 0 aliphatic carbocycles. The lowest BCUT2D eigenvalue weighted by Crippen LogP contribution is -2.30. The summed E-state index contributed by atoms with van der Waals surface area (Å²) in [5.41, 5.74) is 2.41. The summed E-state index contributed by atoms with van der Waals surface area (Å²) in [5.74, 6) is 0. The van der Waals surface area contributed by atoms with E-state index in [-0.39, 0.29) is 16.2 Å². The van der Waals surface area contributed by atoms with Gasteiger partial charge < -0.3 is 0 Å². The molecule has 2 radical (unpaired) electrons. The summed E-state index contributed by atoms with van der Waals surface area (Å²) in [5, 5.41) is 0. The molecule has 1 saturated heterocycles. The third-order valence-electron chi connectivity index (χ3n) is 0.767. The highest BCUT2D eigenvalue weighted by atomic mass is 35.6. The van der Waals surface area contributed by atoms with E-state index in [0.29, 0.717) is 0 Å². The Balaban J connectivity index is 2.11. The minimum absolute atomic E-state index is 0.356. The largest absolute Gasteiger partial charge is 0.170 e. The van der Waals surface area contributed by atoms with Gasteiger partial charge in [-0.2, -0.15) is 22.2 Å². The molecule has 34 valence electrons. The molecule has 0 atom stereocenters. The molecule has 4 heteroatoms. The predicted octanol–water partition coefficient (Wildman–Crippen LogP) is 1.54. The lowest BCUT2D eigenvalue weighted by Gasteiger charge is -2.19. The second kappa shape index (κ2) is 1.86. The van der Waals surface area contributed by atoms with Crippen LogP contribution >= 0.6 is 22.2 Å². The SMILES string of the molecule is Cl[Si]1C[Si](Cl)C1. The van der Waals surface area contributed by atoms with Crippen molar-refractivity contribution in [1.82, 2.24) is 0 Å². The maximum Gasteiger partial charge on any atom is 0.161 e. The maximum atomic E-state index is 5.69. The first-order chi connectivity index (χ1) is 2.79. The van der Waals surface area contributed by atoms with E-state index in [9.17, 15) is 0 Å². The zero-order chi connectivity index (χ0) is 4.57. The van der Waals surface area contributed by atoms with Crippen LogP contribution in [0.15, 0.2) is 0 Å². The van der Waals surface area contributed by atoms with Gasteiger partial charge in [-0.15, -0.1) is 0 Å². The van der Waals surface area contributed by atoms with Gasteiger partial charge in [-0.25, -0.2) is 0 Å². The second-order valence-electron chi connectivity index (χ2n) is 1.39. The molecule has 0 spiro atoms. The van der Waals surface area contributed by atoms with E-state index in [1.807, 2.05) is 0 Å². The third kappa shape index (κ3) is 0.994. The number of rotatable bonds is 0. The van der Waals surface area contributed by atoms with Crippen LogP contribution in [0.4, 0.5) is 0 Å². The standard InChI is InChI=1S/C2H4Cl2Si2/c3-5-1-6(4)2-5/h1-2H2. The molecule has 0 aromatic rings. The van der Waals surface area contributed by atoms with Gasteiger partial charge in [-0.05, 0) is 11.3 Å². The summed E-state index contributed by atoms with van der Waals surface area (Å²) < 4.78 is 0. The predicted molar refractivity (Wildman–Crippen MR) is 32.8 cm³/mol. The molecule has 0 amide bonds. The van der Waals surface area contributed by atoms with Crippen LogP contribution in [-0.2, 0) is 0 Å². The summed E-state index contributed by atoms with van der Waals surface area (Å²) >= 11 is 11.4. The Morgan fingerprint density at radius 1 is 1.00 bits per heavy atom. The van der Waals surface area contributed by atoms with E-state index >= 15 is 0 Å². The summed E-state index contributed by atoms with van der Waals surface area (Å²) in [7, 11) is -0.713. The molecule has 0 unspecified atom stereocenters. The summed E-state index contributed by atoms with van der Waals surface area (Å²) in [4.78, 5) is 0. The molecule has 0 N–H and O–H groups in total. The fourth-order valence-electron chi connectivity index (χ4n) is 0.364. The molecule has 1 fully saturated rings. The zero-order valence-electron chi connectivity index (χ0n) is 3.17. The highest BCUT2D eigenvalue weighted by Crippen LogP contribution is 2.24. The van der Waals surface area contributed by atoms with Gasteiger partial charge in [-0.1, -0.05) is 0 Å². The van der Waals surface area contributed by atoms with Gasteiger partial charge in [0.2, 0.25) is 0 Å². The smallest absolute Gasteiger partial charge is 0.161 e. The fraction of sp³-hybridized carbons (Fsp3) is 1.00. The molecule has 1 heterocycles. The minimum Gasteiger partial charge on any atom is -0.170 e. The maximum absolute atomic E-state index is 5.69. The number of halogens is 2. The van der Waals surface area contributed by atoms with Crippen LogP contribution in [0.3, 0.4) is 0 Å². The topological polar surface area (TPSA) is 0 Å². The van der Waals surface area contributed by atoms with Crippen molar-refractivity contribution in [2.24, 2.45) is 0 Å². The van der Waals surface area contributed by atoms with E-state index in [2.05, 4.69) is 0 Å². The van der Waals surface area contributed by atoms with Gasteiger partial charge in [0.05, 0.1) is 0 Å². The number of hydrogen-bond acceptors (Lipinski definition) is 0. The Kier molecular flexibility index (Phi) is 1.60. The van der Waals surface area contributed by atoms with Crippen LogP contribution < -0.4 is 0 Å².